The quantitative estimate of drug-likeness (QED) is 0.665. The lowest BCUT2D eigenvalue weighted by Gasteiger charge is -2.08. The van der Waals surface area contributed by atoms with Crippen molar-refractivity contribution in [2.24, 2.45) is 0 Å². The minimum atomic E-state index is -4.68. The van der Waals surface area contributed by atoms with Gasteiger partial charge in [-0.05, 0) is 24.3 Å². The molecule has 148 valence electrons. The summed E-state index contributed by atoms with van der Waals surface area (Å²) in [5.41, 5.74) is -1.81. The molecule has 28 heavy (non-hydrogen) atoms. The second-order valence-corrected chi connectivity index (χ2v) is 5.52. The fraction of sp³-hybridized carbons (Fsp3) is 0.200. The molecule has 1 aromatic carbocycles. The van der Waals surface area contributed by atoms with Crippen molar-refractivity contribution in [2.45, 2.75) is 18.8 Å². The molecule has 0 radical (unpaired) electrons. The normalized spacial score (nSPS) is 12.8. The molecular formula is C15H9F6N5O2. The highest BCUT2D eigenvalue weighted by Crippen LogP contribution is 2.34. The molecule has 3 rings (SSSR count). The van der Waals surface area contributed by atoms with E-state index in [1.807, 2.05) is 0 Å². The highest BCUT2D eigenvalue weighted by Gasteiger charge is 2.32. The number of alkyl halides is 6. The first-order valence-electron chi connectivity index (χ1n) is 7.40. The second-order valence-electron chi connectivity index (χ2n) is 5.52. The molecule has 0 bridgehead atoms. The summed E-state index contributed by atoms with van der Waals surface area (Å²) in [5, 5.41) is 19.9. The van der Waals surface area contributed by atoms with Gasteiger partial charge in [0.05, 0.1) is 12.0 Å². The van der Waals surface area contributed by atoms with Crippen molar-refractivity contribution in [3.05, 3.63) is 41.5 Å². The first kappa shape index (κ1) is 19.4. The number of benzene rings is 1. The third kappa shape index (κ3) is 4.66. The van der Waals surface area contributed by atoms with Crippen LogP contribution in [0.1, 0.15) is 17.0 Å². The van der Waals surface area contributed by atoms with Gasteiger partial charge in [-0.2, -0.15) is 26.3 Å². The number of phenolic OH excluding ortho intramolecular Hbond substituents is 1. The van der Waals surface area contributed by atoms with Crippen LogP contribution in [0.5, 0.6) is 5.75 Å². The number of aromatic nitrogens is 5. The van der Waals surface area contributed by atoms with E-state index in [4.69, 9.17) is 0 Å². The van der Waals surface area contributed by atoms with Crippen LogP contribution < -0.4 is 0 Å². The van der Waals surface area contributed by atoms with Gasteiger partial charge in [-0.15, -0.1) is 5.10 Å². The summed E-state index contributed by atoms with van der Waals surface area (Å²) < 4.78 is 81.1. The lowest BCUT2D eigenvalue weighted by atomic mass is 10.1. The summed E-state index contributed by atoms with van der Waals surface area (Å²) in [6.45, 7) is 0. The number of hydrogen-bond donors (Lipinski definition) is 1. The molecule has 3 aromatic rings. The summed E-state index contributed by atoms with van der Waals surface area (Å²) in [5.74, 6) is -0.762. The Morgan fingerprint density at radius 2 is 1.82 bits per heavy atom. The van der Waals surface area contributed by atoms with Crippen LogP contribution in [0, 0.1) is 0 Å². The van der Waals surface area contributed by atoms with Gasteiger partial charge in [-0.1, -0.05) is 10.3 Å². The number of halogens is 6. The van der Waals surface area contributed by atoms with Crippen molar-refractivity contribution in [3.63, 3.8) is 0 Å². The summed E-state index contributed by atoms with van der Waals surface area (Å²) in [6.07, 6.45) is -7.12. The molecule has 0 saturated heterocycles. The Labute approximate surface area is 151 Å². The lowest BCUT2D eigenvalue weighted by molar-refractivity contribution is -0.137. The van der Waals surface area contributed by atoms with E-state index >= 15 is 0 Å². The SMILES string of the molecule is Oc1cc(-c2ncn(/C=C\c3nonc3CC(F)(F)F)n2)cc(C(F)(F)F)c1. The highest BCUT2D eigenvalue weighted by atomic mass is 19.4. The molecule has 0 atom stereocenters. The predicted molar refractivity (Wildman–Crippen MR) is 81.4 cm³/mol. The fourth-order valence-electron chi connectivity index (χ4n) is 2.18. The molecule has 2 heterocycles. The smallest absolute Gasteiger partial charge is 0.416 e. The Hall–Kier alpha value is -3.38. The number of rotatable bonds is 4. The zero-order valence-corrected chi connectivity index (χ0v) is 13.5. The number of aromatic hydroxyl groups is 1. The monoisotopic (exact) mass is 405 g/mol. The van der Waals surface area contributed by atoms with Crippen LogP contribution >= 0.6 is 0 Å². The van der Waals surface area contributed by atoms with Crippen molar-refractivity contribution in [1.29, 1.82) is 0 Å². The average Bonchev–Trinajstić information content (AvgIpc) is 3.19. The topological polar surface area (TPSA) is 89.9 Å². The number of nitrogens with zero attached hydrogens (tertiary/aromatic N) is 5. The molecule has 0 aliphatic carbocycles. The van der Waals surface area contributed by atoms with E-state index in [1.54, 1.807) is 0 Å². The third-order valence-corrected chi connectivity index (χ3v) is 3.35. The van der Waals surface area contributed by atoms with Gasteiger partial charge in [0.2, 0.25) is 0 Å². The van der Waals surface area contributed by atoms with Crippen LogP contribution in [0.15, 0.2) is 29.2 Å². The Kier molecular flexibility index (Phi) is 4.83. The molecule has 7 nitrogen and oxygen atoms in total. The zero-order chi connectivity index (χ0) is 20.5. The van der Waals surface area contributed by atoms with Crippen molar-refractivity contribution in [3.8, 4) is 17.1 Å². The minimum absolute atomic E-state index is 0.0969. The summed E-state index contributed by atoms with van der Waals surface area (Å²) in [7, 11) is 0. The summed E-state index contributed by atoms with van der Waals surface area (Å²) >= 11 is 0. The van der Waals surface area contributed by atoms with Gasteiger partial charge in [0.15, 0.2) is 5.82 Å². The summed E-state index contributed by atoms with van der Waals surface area (Å²) in [6, 6.07) is 2.36. The third-order valence-electron chi connectivity index (χ3n) is 3.35. The molecular weight excluding hydrogens is 396 g/mol. The zero-order valence-electron chi connectivity index (χ0n) is 13.5. The van der Waals surface area contributed by atoms with Crippen LogP contribution in [-0.4, -0.2) is 36.4 Å². The Morgan fingerprint density at radius 3 is 2.50 bits per heavy atom. The molecule has 0 spiro atoms. The second kappa shape index (κ2) is 6.98. The van der Waals surface area contributed by atoms with E-state index in [-0.39, 0.29) is 17.1 Å². The molecule has 0 unspecified atom stereocenters. The van der Waals surface area contributed by atoms with Gasteiger partial charge < -0.3 is 5.11 Å². The van der Waals surface area contributed by atoms with E-state index in [0.717, 1.165) is 29.2 Å². The van der Waals surface area contributed by atoms with E-state index in [9.17, 15) is 31.4 Å². The highest BCUT2D eigenvalue weighted by molar-refractivity contribution is 5.61. The molecule has 13 heteroatoms. The first-order chi connectivity index (χ1) is 13.0. The Balaban J connectivity index is 1.83. The fourth-order valence-corrected chi connectivity index (χ4v) is 2.18. The predicted octanol–water partition coefficient (Wildman–Crippen LogP) is 3.79. The molecule has 0 aliphatic heterocycles. The molecule has 1 N–H and O–H groups in total. The van der Waals surface area contributed by atoms with Crippen LogP contribution in [-0.2, 0) is 12.6 Å². The van der Waals surface area contributed by atoms with Gasteiger partial charge in [-0.3, -0.25) is 0 Å². The minimum Gasteiger partial charge on any atom is -0.508 e. The largest absolute Gasteiger partial charge is 0.508 e. The summed E-state index contributed by atoms with van der Waals surface area (Å²) in [4.78, 5) is 3.82. The van der Waals surface area contributed by atoms with Crippen LogP contribution in [0.2, 0.25) is 0 Å². The Bertz CT molecular complexity index is 1010. The Morgan fingerprint density at radius 1 is 1.07 bits per heavy atom. The van der Waals surface area contributed by atoms with Gasteiger partial charge in [0.1, 0.15) is 23.5 Å². The van der Waals surface area contributed by atoms with Crippen molar-refractivity contribution >= 4 is 12.3 Å². The van der Waals surface area contributed by atoms with Crippen LogP contribution in [0.3, 0.4) is 0 Å². The van der Waals surface area contributed by atoms with E-state index < -0.39 is 35.8 Å². The number of phenols is 1. The average molecular weight is 405 g/mol. The maximum atomic E-state index is 12.8. The maximum absolute atomic E-state index is 12.8. The van der Waals surface area contributed by atoms with E-state index in [1.165, 1.54) is 6.20 Å². The standard InChI is InChI=1S/C15H9F6N5O2/c16-14(17,18)6-12-11(24-28-25-12)1-2-26-7-22-13(23-26)8-3-9(15(19,20)21)5-10(27)4-8/h1-5,7,27H,6H2/b2-1-. The first-order valence-corrected chi connectivity index (χ1v) is 7.40. The van der Waals surface area contributed by atoms with E-state index in [2.05, 4.69) is 25.0 Å². The van der Waals surface area contributed by atoms with Crippen molar-refractivity contribution < 1.29 is 36.1 Å². The van der Waals surface area contributed by atoms with Gasteiger partial charge >= 0.3 is 12.4 Å². The van der Waals surface area contributed by atoms with Crippen molar-refractivity contribution in [1.82, 2.24) is 25.1 Å². The lowest BCUT2D eigenvalue weighted by Crippen LogP contribution is -2.12. The van der Waals surface area contributed by atoms with Gasteiger partial charge in [-0.25, -0.2) is 14.3 Å². The molecule has 0 fully saturated rings. The van der Waals surface area contributed by atoms with Gasteiger partial charge in [0.25, 0.3) is 0 Å². The molecule has 0 aliphatic rings. The van der Waals surface area contributed by atoms with Crippen LogP contribution in [0.4, 0.5) is 26.3 Å². The molecule has 0 saturated carbocycles. The molecule has 2 aromatic heterocycles. The van der Waals surface area contributed by atoms with Gasteiger partial charge in [0, 0.05) is 11.8 Å². The van der Waals surface area contributed by atoms with Crippen LogP contribution in [0.25, 0.3) is 23.7 Å². The molecule has 0 amide bonds. The van der Waals surface area contributed by atoms with Crippen molar-refractivity contribution in [2.75, 3.05) is 0 Å². The van der Waals surface area contributed by atoms with E-state index in [0.29, 0.717) is 6.07 Å². The number of hydrogen-bond acceptors (Lipinski definition) is 6. The maximum Gasteiger partial charge on any atom is 0.416 e.